The first kappa shape index (κ1) is 16.5. The lowest BCUT2D eigenvalue weighted by Gasteiger charge is -2.22. The van der Waals surface area contributed by atoms with Crippen LogP contribution in [0, 0.1) is 0 Å². The van der Waals surface area contributed by atoms with Gasteiger partial charge in [0, 0.05) is 12.0 Å². The largest absolute Gasteiger partial charge is 0.451 e. The lowest BCUT2D eigenvalue weighted by atomic mass is 10.2. The molecule has 0 aliphatic carbocycles. The van der Waals surface area contributed by atoms with E-state index in [0.29, 0.717) is 23.0 Å². The summed E-state index contributed by atoms with van der Waals surface area (Å²) in [5.74, 6) is 0.147. The van der Waals surface area contributed by atoms with Crippen molar-refractivity contribution >= 4 is 43.6 Å². The van der Waals surface area contributed by atoms with Gasteiger partial charge in [-0.2, -0.15) is 0 Å². The van der Waals surface area contributed by atoms with Gasteiger partial charge in [-0.3, -0.25) is 9.69 Å². The minimum Gasteiger partial charge on any atom is -0.451 e. The number of thiazole rings is 1. The zero-order valence-electron chi connectivity index (χ0n) is 14.6. The van der Waals surface area contributed by atoms with E-state index >= 15 is 0 Å². The van der Waals surface area contributed by atoms with E-state index in [1.807, 2.05) is 48.5 Å². The van der Waals surface area contributed by atoms with Gasteiger partial charge in [0.2, 0.25) is 0 Å². The molecule has 0 saturated carbocycles. The first-order valence-corrected chi connectivity index (χ1v) is 9.87. The van der Waals surface area contributed by atoms with Crippen molar-refractivity contribution in [3.8, 4) is 0 Å². The van der Waals surface area contributed by atoms with E-state index in [1.165, 1.54) is 11.3 Å². The summed E-state index contributed by atoms with van der Waals surface area (Å²) in [5.41, 5.74) is 1.61. The van der Waals surface area contributed by atoms with Gasteiger partial charge >= 0.3 is 0 Å². The molecule has 4 aromatic rings. The Morgan fingerprint density at radius 1 is 1.19 bits per heavy atom. The number of hydrogen-bond donors (Lipinski definition) is 0. The summed E-state index contributed by atoms with van der Waals surface area (Å²) in [6.45, 7) is 1.23. The summed E-state index contributed by atoms with van der Waals surface area (Å²) in [6.07, 6.45) is 2.01. The van der Waals surface area contributed by atoms with E-state index in [0.717, 1.165) is 35.1 Å². The lowest BCUT2D eigenvalue weighted by Crippen LogP contribution is -2.37. The molecule has 2 aromatic carbocycles. The second kappa shape index (κ2) is 6.79. The van der Waals surface area contributed by atoms with Crippen LogP contribution in [0.5, 0.6) is 0 Å². The molecule has 136 valence electrons. The van der Waals surface area contributed by atoms with Crippen LogP contribution in [0.4, 0.5) is 5.13 Å². The number of nitrogens with zero attached hydrogens (tertiary/aromatic N) is 2. The van der Waals surface area contributed by atoms with E-state index in [9.17, 15) is 4.79 Å². The molecule has 5 nitrogen and oxygen atoms in total. The highest BCUT2D eigenvalue weighted by atomic mass is 32.1. The Kier molecular flexibility index (Phi) is 4.14. The number of ether oxygens (including phenoxy) is 1. The van der Waals surface area contributed by atoms with Crippen molar-refractivity contribution in [2.75, 3.05) is 18.1 Å². The van der Waals surface area contributed by atoms with Gasteiger partial charge in [0.15, 0.2) is 10.9 Å². The minimum atomic E-state index is -0.180. The molecule has 1 fully saturated rings. The van der Waals surface area contributed by atoms with Crippen LogP contribution >= 0.6 is 11.3 Å². The van der Waals surface area contributed by atoms with Gasteiger partial charge in [-0.05, 0) is 37.1 Å². The molecule has 1 amide bonds. The molecule has 1 aliphatic heterocycles. The Morgan fingerprint density at radius 2 is 2.04 bits per heavy atom. The number of furan rings is 1. The fourth-order valence-electron chi connectivity index (χ4n) is 3.44. The second-order valence-corrected chi connectivity index (χ2v) is 7.67. The molecular weight excluding hydrogens is 360 g/mol. The van der Waals surface area contributed by atoms with E-state index in [4.69, 9.17) is 9.15 Å². The zero-order chi connectivity index (χ0) is 18.2. The molecular formula is C21H18N2O3S. The van der Waals surface area contributed by atoms with Crippen molar-refractivity contribution in [3.63, 3.8) is 0 Å². The van der Waals surface area contributed by atoms with E-state index in [2.05, 4.69) is 4.98 Å². The predicted octanol–water partition coefficient (Wildman–Crippen LogP) is 4.87. The van der Waals surface area contributed by atoms with E-state index < -0.39 is 0 Å². The average Bonchev–Trinajstić information content (AvgIpc) is 3.44. The number of aromatic nitrogens is 1. The third-order valence-corrected chi connectivity index (χ3v) is 5.86. The van der Waals surface area contributed by atoms with Gasteiger partial charge in [0.25, 0.3) is 5.91 Å². The SMILES string of the molecule is O=C(c1cc2ccccc2o1)N(C[C@H]1CCCO1)c1nc2ccccc2s1. The molecule has 5 rings (SSSR count). The number of fused-ring (bicyclic) bond motifs is 2. The highest BCUT2D eigenvalue weighted by molar-refractivity contribution is 7.22. The molecule has 6 heteroatoms. The fraction of sp³-hybridized carbons (Fsp3) is 0.238. The van der Waals surface area contributed by atoms with Crippen molar-refractivity contribution in [1.82, 2.24) is 4.98 Å². The fourth-order valence-corrected chi connectivity index (χ4v) is 4.41. The molecule has 1 saturated heterocycles. The Morgan fingerprint density at radius 3 is 2.85 bits per heavy atom. The zero-order valence-corrected chi connectivity index (χ0v) is 15.4. The van der Waals surface area contributed by atoms with E-state index in [-0.39, 0.29) is 12.0 Å². The average molecular weight is 378 g/mol. The van der Waals surface area contributed by atoms with Gasteiger partial charge in [-0.25, -0.2) is 4.98 Å². The first-order valence-electron chi connectivity index (χ1n) is 9.05. The monoisotopic (exact) mass is 378 g/mol. The van der Waals surface area contributed by atoms with Crippen molar-refractivity contribution in [3.05, 3.63) is 60.4 Å². The summed E-state index contributed by atoms with van der Waals surface area (Å²) < 4.78 is 12.6. The number of rotatable bonds is 4. The lowest BCUT2D eigenvalue weighted by molar-refractivity contribution is 0.0896. The van der Waals surface area contributed by atoms with Gasteiger partial charge < -0.3 is 9.15 Å². The molecule has 1 atom stereocenters. The van der Waals surface area contributed by atoms with Crippen LogP contribution in [0.15, 0.2) is 59.0 Å². The molecule has 0 bridgehead atoms. The van der Waals surface area contributed by atoms with Gasteiger partial charge in [-0.1, -0.05) is 41.7 Å². The Bertz CT molecular complexity index is 1040. The number of anilines is 1. The summed E-state index contributed by atoms with van der Waals surface area (Å²) in [4.78, 5) is 19.7. The Hall–Kier alpha value is -2.70. The standard InChI is InChI=1S/C21H18N2O3S/c24-20(18-12-14-6-1-3-9-17(14)26-18)23(13-15-7-5-11-25-15)21-22-16-8-2-4-10-19(16)27-21/h1-4,6,8-10,12,15H,5,7,11,13H2/t15-/m1/s1. The van der Waals surface area contributed by atoms with Crippen LogP contribution in [0.2, 0.25) is 0 Å². The van der Waals surface area contributed by atoms with Crippen molar-refractivity contribution in [2.24, 2.45) is 0 Å². The van der Waals surface area contributed by atoms with Gasteiger partial charge in [0.05, 0.1) is 22.9 Å². The number of amides is 1. The van der Waals surface area contributed by atoms with Crippen molar-refractivity contribution in [1.29, 1.82) is 0 Å². The smallest absolute Gasteiger partial charge is 0.295 e. The topological polar surface area (TPSA) is 55.6 Å². The van der Waals surface area contributed by atoms with Crippen LogP contribution in [-0.2, 0) is 4.74 Å². The maximum atomic E-state index is 13.3. The number of para-hydroxylation sites is 2. The Labute approximate surface area is 160 Å². The molecule has 3 heterocycles. The predicted molar refractivity (Wildman–Crippen MR) is 106 cm³/mol. The van der Waals surface area contributed by atoms with Gasteiger partial charge in [0.1, 0.15) is 5.58 Å². The molecule has 27 heavy (non-hydrogen) atoms. The quantitative estimate of drug-likeness (QED) is 0.508. The molecule has 1 aliphatic rings. The summed E-state index contributed by atoms with van der Waals surface area (Å²) in [7, 11) is 0. The maximum absolute atomic E-state index is 13.3. The second-order valence-electron chi connectivity index (χ2n) is 6.66. The summed E-state index contributed by atoms with van der Waals surface area (Å²) in [5, 5.41) is 1.60. The van der Waals surface area contributed by atoms with Gasteiger partial charge in [-0.15, -0.1) is 0 Å². The molecule has 0 radical (unpaired) electrons. The molecule has 0 spiro atoms. The summed E-state index contributed by atoms with van der Waals surface area (Å²) >= 11 is 1.52. The number of benzene rings is 2. The molecule has 0 N–H and O–H groups in total. The number of hydrogen-bond acceptors (Lipinski definition) is 5. The normalized spacial score (nSPS) is 17.0. The third kappa shape index (κ3) is 3.11. The minimum absolute atomic E-state index is 0.0327. The van der Waals surface area contributed by atoms with Crippen LogP contribution in [-0.4, -0.2) is 30.1 Å². The van der Waals surface area contributed by atoms with Crippen LogP contribution in [0.25, 0.3) is 21.2 Å². The van der Waals surface area contributed by atoms with E-state index in [1.54, 1.807) is 11.0 Å². The van der Waals surface area contributed by atoms with Crippen molar-refractivity contribution < 1.29 is 13.9 Å². The molecule has 2 aromatic heterocycles. The number of carbonyl (C=O) groups excluding carboxylic acids is 1. The number of carbonyl (C=O) groups is 1. The molecule has 0 unspecified atom stereocenters. The summed E-state index contributed by atoms with van der Waals surface area (Å²) in [6, 6.07) is 17.4. The van der Waals surface area contributed by atoms with Crippen LogP contribution in [0.3, 0.4) is 0 Å². The maximum Gasteiger partial charge on any atom is 0.295 e. The highest BCUT2D eigenvalue weighted by Gasteiger charge is 2.28. The highest BCUT2D eigenvalue weighted by Crippen LogP contribution is 2.31. The Balaban J connectivity index is 1.54. The first-order chi connectivity index (χ1) is 13.3. The van der Waals surface area contributed by atoms with Crippen LogP contribution in [0.1, 0.15) is 23.4 Å². The van der Waals surface area contributed by atoms with Crippen LogP contribution < -0.4 is 4.90 Å². The van der Waals surface area contributed by atoms with Crippen molar-refractivity contribution in [2.45, 2.75) is 18.9 Å². The third-order valence-electron chi connectivity index (χ3n) is 4.81.